The molecule has 0 bridgehead atoms. The van der Waals surface area contributed by atoms with Crippen LogP contribution in [-0.4, -0.2) is 21.0 Å². The number of benzene rings is 2. The summed E-state index contributed by atoms with van der Waals surface area (Å²) in [7, 11) is 0. The van der Waals surface area contributed by atoms with E-state index in [-0.39, 0.29) is 17.1 Å². The maximum Gasteiger partial charge on any atom is 0.224 e. The van der Waals surface area contributed by atoms with Crippen LogP contribution in [0.1, 0.15) is 56.1 Å². The lowest BCUT2D eigenvalue weighted by molar-refractivity contribution is 0.302. The predicted octanol–water partition coefficient (Wildman–Crippen LogP) is 7.01. The lowest BCUT2D eigenvalue weighted by atomic mass is 9.76. The zero-order chi connectivity index (χ0) is 23.7. The molecule has 1 unspecified atom stereocenters. The van der Waals surface area contributed by atoms with Gasteiger partial charge in [-0.05, 0) is 110 Å². The fraction of sp³-hybridized carbons (Fsp3) is 0.333. The third-order valence-corrected chi connectivity index (χ3v) is 7.06. The van der Waals surface area contributed by atoms with Crippen molar-refractivity contribution in [1.29, 1.82) is 5.26 Å². The molecule has 2 aromatic carbocycles. The summed E-state index contributed by atoms with van der Waals surface area (Å²) in [5, 5.41) is 14.6. The summed E-state index contributed by atoms with van der Waals surface area (Å²) in [5.74, 6) is 1.53. The average Bonchev–Trinajstić information content (AvgIpc) is 2.83. The number of nitriles is 1. The van der Waals surface area contributed by atoms with Crippen LogP contribution in [0.25, 0.3) is 21.8 Å². The van der Waals surface area contributed by atoms with Crippen molar-refractivity contribution in [3.8, 4) is 6.07 Å². The van der Waals surface area contributed by atoms with Crippen LogP contribution in [0.5, 0.6) is 0 Å². The largest absolute Gasteiger partial charge is 0.367 e. The molecule has 172 valence electrons. The second kappa shape index (κ2) is 9.52. The molecule has 1 fully saturated rings. The maximum atomic E-state index is 13.9. The Kier molecular flexibility index (Phi) is 6.30. The SMILES string of the molecule is CC(CC1CCC(c2ccnc3ccc(F)cc23)CC1)Nc1nc(Cl)nc2cc(C#N)ccc12. The molecule has 2 aromatic heterocycles. The van der Waals surface area contributed by atoms with Gasteiger partial charge in [-0.25, -0.2) is 14.4 Å². The van der Waals surface area contributed by atoms with Gasteiger partial charge in [0.2, 0.25) is 5.28 Å². The van der Waals surface area contributed by atoms with E-state index in [4.69, 9.17) is 16.9 Å². The molecule has 0 saturated heterocycles. The number of nitrogens with zero attached hydrogens (tertiary/aromatic N) is 4. The zero-order valence-corrected chi connectivity index (χ0v) is 19.7. The summed E-state index contributed by atoms with van der Waals surface area (Å²) >= 11 is 6.15. The van der Waals surface area contributed by atoms with Gasteiger partial charge < -0.3 is 5.32 Å². The lowest BCUT2D eigenvalue weighted by Crippen LogP contribution is -2.23. The normalized spacial score (nSPS) is 19.1. The van der Waals surface area contributed by atoms with Gasteiger partial charge in [-0.15, -0.1) is 0 Å². The first kappa shape index (κ1) is 22.5. The first-order valence-electron chi connectivity index (χ1n) is 11.7. The fourth-order valence-corrected chi connectivity index (χ4v) is 5.45. The highest BCUT2D eigenvalue weighted by atomic mass is 35.5. The topological polar surface area (TPSA) is 74.5 Å². The van der Waals surface area contributed by atoms with Crippen LogP contribution in [0.15, 0.2) is 48.7 Å². The van der Waals surface area contributed by atoms with Crippen LogP contribution in [0.2, 0.25) is 5.28 Å². The summed E-state index contributed by atoms with van der Waals surface area (Å²) in [5.41, 5.74) is 3.28. The monoisotopic (exact) mass is 473 g/mol. The van der Waals surface area contributed by atoms with E-state index in [2.05, 4.69) is 39.3 Å². The van der Waals surface area contributed by atoms with Gasteiger partial charge in [0.25, 0.3) is 0 Å². The van der Waals surface area contributed by atoms with Crippen LogP contribution >= 0.6 is 11.6 Å². The Morgan fingerprint density at radius 1 is 1.06 bits per heavy atom. The second-order valence-electron chi connectivity index (χ2n) is 9.25. The van der Waals surface area contributed by atoms with Gasteiger partial charge in [-0.1, -0.05) is 0 Å². The Labute approximate surface area is 203 Å². The van der Waals surface area contributed by atoms with Gasteiger partial charge in [0.1, 0.15) is 11.6 Å². The molecule has 0 amide bonds. The number of pyridine rings is 1. The minimum Gasteiger partial charge on any atom is -0.367 e. The smallest absolute Gasteiger partial charge is 0.224 e. The molecular weight excluding hydrogens is 449 g/mol. The molecule has 1 saturated carbocycles. The second-order valence-corrected chi connectivity index (χ2v) is 9.58. The molecule has 34 heavy (non-hydrogen) atoms. The third kappa shape index (κ3) is 4.67. The number of anilines is 1. The summed E-state index contributed by atoms with van der Waals surface area (Å²) in [6.45, 7) is 2.16. The Bertz CT molecular complexity index is 1390. The number of rotatable bonds is 5. The fourth-order valence-electron chi connectivity index (χ4n) is 5.28. The molecule has 0 spiro atoms. The van der Waals surface area contributed by atoms with Crippen molar-refractivity contribution in [1.82, 2.24) is 15.0 Å². The molecule has 2 heterocycles. The molecule has 7 heteroatoms. The Hall–Kier alpha value is -3.30. The molecule has 0 aliphatic heterocycles. The molecule has 0 radical (unpaired) electrons. The Morgan fingerprint density at radius 2 is 1.88 bits per heavy atom. The highest BCUT2D eigenvalue weighted by molar-refractivity contribution is 6.28. The molecule has 1 aliphatic rings. The molecule has 1 N–H and O–H groups in total. The minimum atomic E-state index is -0.212. The van der Waals surface area contributed by atoms with E-state index in [0.29, 0.717) is 28.7 Å². The quantitative estimate of drug-likeness (QED) is 0.315. The number of hydrogen-bond donors (Lipinski definition) is 1. The van der Waals surface area contributed by atoms with E-state index in [1.54, 1.807) is 24.3 Å². The first-order chi connectivity index (χ1) is 16.5. The molecule has 4 aromatic rings. The highest BCUT2D eigenvalue weighted by Gasteiger charge is 2.25. The van der Waals surface area contributed by atoms with E-state index in [1.165, 1.54) is 11.6 Å². The summed E-state index contributed by atoms with van der Waals surface area (Å²) in [4.78, 5) is 13.1. The van der Waals surface area contributed by atoms with Crippen molar-refractivity contribution in [2.75, 3.05) is 5.32 Å². The van der Waals surface area contributed by atoms with Gasteiger partial charge in [0.15, 0.2) is 0 Å². The highest BCUT2D eigenvalue weighted by Crippen LogP contribution is 2.40. The van der Waals surface area contributed by atoms with Crippen LogP contribution in [0.3, 0.4) is 0 Å². The third-order valence-electron chi connectivity index (χ3n) is 6.89. The van der Waals surface area contributed by atoms with Crippen LogP contribution < -0.4 is 5.32 Å². The lowest BCUT2D eigenvalue weighted by Gasteiger charge is -2.31. The number of hydrogen-bond acceptors (Lipinski definition) is 5. The molecule has 5 nitrogen and oxygen atoms in total. The minimum absolute atomic E-state index is 0.166. The van der Waals surface area contributed by atoms with Crippen molar-refractivity contribution in [2.45, 2.75) is 51.0 Å². The van der Waals surface area contributed by atoms with Crippen molar-refractivity contribution >= 4 is 39.2 Å². The van der Waals surface area contributed by atoms with Gasteiger partial charge >= 0.3 is 0 Å². The van der Waals surface area contributed by atoms with E-state index >= 15 is 0 Å². The molecular formula is C27H25ClFN5. The number of halogens is 2. The zero-order valence-electron chi connectivity index (χ0n) is 18.9. The maximum absolute atomic E-state index is 13.9. The molecule has 1 aliphatic carbocycles. The van der Waals surface area contributed by atoms with Gasteiger partial charge in [-0.3, -0.25) is 4.98 Å². The summed E-state index contributed by atoms with van der Waals surface area (Å²) < 4.78 is 13.9. The van der Waals surface area contributed by atoms with Gasteiger partial charge in [0.05, 0.1) is 22.7 Å². The standard InChI is InChI=1S/C27H25ClFN5/c1-16(32-26-22-8-4-18(15-30)13-25(22)33-27(28)34-26)12-17-2-5-19(6-3-17)21-10-11-31-24-9-7-20(29)14-23(21)24/h4,7-11,13-14,16-17,19H,2-3,5-6,12H2,1H3,(H,32,33,34). The van der Waals surface area contributed by atoms with Crippen LogP contribution in [0, 0.1) is 23.1 Å². The number of aromatic nitrogens is 3. The summed E-state index contributed by atoms with van der Waals surface area (Å²) in [6.07, 6.45) is 7.31. The van der Waals surface area contributed by atoms with Crippen molar-refractivity contribution in [3.05, 3.63) is 70.9 Å². The van der Waals surface area contributed by atoms with Crippen molar-refractivity contribution < 1.29 is 4.39 Å². The summed E-state index contributed by atoms with van der Waals surface area (Å²) in [6, 6.07) is 14.6. The van der Waals surface area contributed by atoms with E-state index in [0.717, 1.165) is 48.4 Å². The average molecular weight is 474 g/mol. The van der Waals surface area contributed by atoms with E-state index in [1.807, 2.05) is 12.3 Å². The first-order valence-corrected chi connectivity index (χ1v) is 12.1. The van der Waals surface area contributed by atoms with Crippen LogP contribution in [-0.2, 0) is 0 Å². The number of fused-ring (bicyclic) bond motifs is 2. The molecule has 1 atom stereocenters. The van der Waals surface area contributed by atoms with E-state index in [9.17, 15) is 4.39 Å². The van der Waals surface area contributed by atoms with Gasteiger partial charge in [-0.2, -0.15) is 5.26 Å². The van der Waals surface area contributed by atoms with Crippen molar-refractivity contribution in [3.63, 3.8) is 0 Å². The molecule has 5 rings (SSSR count). The van der Waals surface area contributed by atoms with Crippen LogP contribution in [0.4, 0.5) is 10.2 Å². The number of nitrogens with one attached hydrogen (secondary N) is 1. The Balaban J connectivity index is 1.25. The Morgan fingerprint density at radius 3 is 2.68 bits per heavy atom. The predicted molar refractivity (Wildman–Crippen MR) is 133 cm³/mol. The van der Waals surface area contributed by atoms with Crippen molar-refractivity contribution in [2.24, 2.45) is 5.92 Å². The van der Waals surface area contributed by atoms with E-state index < -0.39 is 0 Å². The van der Waals surface area contributed by atoms with Gasteiger partial charge in [0, 0.05) is 23.0 Å².